The third-order valence-corrected chi connectivity index (χ3v) is 5.10. The lowest BCUT2D eigenvalue weighted by Crippen LogP contribution is -2.39. The first-order valence-corrected chi connectivity index (χ1v) is 8.01. The van der Waals surface area contributed by atoms with E-state index in [1.807, 2.05) is 9.80 Å². The first kappa shape index (κ1) is 15.1. The number of likely N-dealkylation sites (tertiary alicyclic amines) is 2. The van der Waals surface area contributed by atoms with Gasteiger partial charge < -0.3 is 14.2 Å². The van der Waals surface area contributed by atoms with Crippen molar-refractivity contribution in [3.05, 3.63) is 17.8 Å². The van der Waals surface area contributed by atoms with E-state index in [9.17, 15) is 9.59 Å². The van der Waals surface area contributed by atoms with Crippen molar-refractivity contribution in [3.8, 4) is 0 Å². The number of aryl methyl sites for hydroxylation is 1. The highest BCUT2D eigenvalue weighted by atomic mass is 16.3. The highest BCUT2D eigenvalue weighted by Gasteiger charge is 2.35. The maximum atomic E-state index is 12.4. The summed E-state index contributed by atoms with van der Waals surface area (Å²) >= 11 is 0. The summed E-state index contributed by atoms with van der Waals surface area (Å²) in [5, 5.41) is 0. The van der Waals surface area contributed by atoms with Crippen LogP contribution in [0.3, 0.4) is 0 Å². The Morgan fingerprint density at radius 1 is 1.14 bits per heavy atom. The van der Waals surface area contributed by atoms with Gasteiger partial charge in [0.25, 0.3) is 5.91 Å². The Bertz CT molecular complexity index is 561. The molecule has 2 aliphatic heterocycles. The zero-order chi connectivity index (χ0) is 15.7. The molecule has 3 heterocycles. The summed E-state index contributed by atoms with van der Waals surface area (Å²) in [7, 11) is 0. The standard InChI is InChI=1S/C16H23N3O3/c1-11-15(22-10-17-11)16(21)19-8-5-14(9-19)13-3-6-18(7-4-13)12(2)20/h10,13-14H,3-9H2,1-2H3. The van der Waals surface area contributed by atoms with Crippen molar-refractivity contribution in [1.29, 1.82) is 0 Å². The van der Waals surface area contributed by atoms with E-state index in [-0.39, 0.29) is 11.8 Å². The van der Waals surface area contributed by atoms with Crippen LogP contribution in [-0.2, 0) is 4.79 Å². The summed E-state index contributed by atoms with van der Waals surface area (Å²) in [4.78, 5) is 31.6. The number of rotatable bonds is 2. The largest absolute Gasteiger partial charge is 0.438 e. The van der Waals surface area contributed by atoms with Crippen molar-refractivity contribution >= 4 is 11.8 Å². The zero-order valence-electron chi connectivity index (χ0n) is 13.2. The third-order valence-electron chi connectivity index (χ3n) is 5.10. The molecule has 1 atom stereocenters. The summed E-state index contributed by atoms with van der Waals surface area (Å²) in [6.07, 6.45) is 4.47. The Balaban J connectivity index is 1.56. The second kappa shape index (κ2) is 6.10. The SMILES string of the molecule is CC(=O)N1CCC(C2CCN(C(=O)c3ocnc3C)C2)CC1. The summed E-state index contributed by atoms with van der Waals surface area (Å²) in [6, 6.07) is 0. The number of nitrogens with zero attached hydrogens (tertiary/aromatic N) is 3. The Morgan fingerprint density at radius 2 is 1.77 bits per heavy atom. The van der Waals surface area contributed by atoms with Crippen molar-refractivity contribution in [2.75, 3.05) is 26.2 Å². The minimum absolute atomic E-state index is 0.0429. The van der Waals surface area contributed by atoms with Crippen molar-refractivity contribution in [3.63, 3.8) is 0 Å². The lowest BCUT2D eigenvalue weighted by Gasteiger charge is -2.34. The monoisotopic (exact) mass is 305 g/mol. The molecule has 0 saturated carbocycles. The van der Waals surface area contributed by atoms with Crippen LogP contribution >= 0.6 is 0 Å². The highest BCUT2D eigenvalue weighted by Crippen LogP contribution is 2.32. The summed E-state index contributed by atoms with van der Waals surface area (Å²) < 4.78 is 5.21. The van der Waals surface area contributed by atoms with Gasteiger partial charge in [-0.15, -0.1) is 0 Å². The van der Waals surface area contributed by atoms with Crippen molar-refractivity contribution in [2.45, 2.75) is 33.1 Å². The zero-order valence-corrected chi connectivity index (χ0v) is 13.2. The molecule has 3 rings (SSSR count). The van der Waals surface area contributed by atoms with E-state index in [0.717, 1.165) is 45.4 Å². The van der Waals surface area contributed by atoms with Gasteiger partial charge in [0.2, 0.25) is 11.7 Å². The molecule has 0 radical (unpaired) electrons. The molecule has 22 heavy (non-hydrogen) atoms. The molecule has 2 amide bonds. The van der Waals surface area contributed by atoms with Gasteiger partial charge in [0, 0.05) is 33.1 Å². The van der Waals surface area contributed by atoms with E-state index in [2.05, 4.69) is 4.98 Å². The highest BCUT2D eigenvalue weighted by molar-refractivity contribution is 5.92. The predicted molar refractivity (Wildman–Crippen MR) is 80.2 cm³/mol. The van der Waals surface area contributed by atoms with Gasteiger partial charge in [-0.25, -0.2) is 4.98 Å². The lowest BCUT2D eigenvalue weighted by atomic mass is 9.84. The molecule has 2 fully saturated rings. The van der Waals surface area contributed by atoms with Crippen LogP contribution in [0.5, 0.6) is 0 Å². The van der Waals surface area contributed by atoms with Gasteiger partial charge in [0.15, 0.2) is 6.39 Å². The van der Waals surface area contributed by atoms with E-state index in [1.165, 1.54) is 6.39 Å². The number of carbonyl (C=O) groups is 2. The number of carbonyl (C=O) groups excluding carboxylic acids is 2. The number of oxazole rings is 1. The molecule has 1 aromatic rings. The van der Waals surface area contributed by atoms with Gasteiger partial charge in [-0.3, -0.25) is 9.59 Å². The van der Waals surface area contributed by atoms with E-state index in [1.54, 1.807) is 13.8 Å². The van der Waals surface area contributed by atoms with Crippen LogP contribution in [0.15, 0.2) is 10.8 Å². The number of piperidine rings is 1. The van der Waals surface area contributed by atoms with Crippen LogP contribution in [0.1, 0.15) is 42.4 Å². The topological polar surface area (TPSA) is 66.7 Å². The fourth-order valence-electron chi connectivity index (χ4n) is 3.69. The molecular weight excluding hydrogens is 282 g/mol. The Labute approximate surface area is 130 Å². The molecule has 6 nitrogen and oxygen atoms in total. The van der Waals surface area contributed by atoms with Gasteiger partial charge in [0.1, 0.15) is 0 Å². The summed E-state index contributed by atoms with van der Waals surface area (Å²) in [5.41, 5.74) is 0.656. The molecule has 0 N–H and O–H groups in total. The molecule has 6 heteroatoms. The molecule has 0 bridgehead atoms. The number of amides is 2. The van der Waals surface area contributed by atoms with Crippen LogP contribution in [0.2, 0.25) is 0 Å². The van der Waals surface area contributed by atoms with E-state index < -0.39 is 0 Å². The molecule has 1 unspecified atom stereocenters. The Kier molecular flexibility index (Phi) is 4.18. The van der Waals surface area contributed by atoms with E-state index >= 15 is 0 Å². The van der Waals surface area contributed by atoms with Crippen LogP contribution < -0.4 is 0 Å². The van der Waals surface area contributed by atoms with Gasteiger partial charge in [-0.1, -0.05) is 0 Å². The van der Waals surface area contributed by atoms with Gasteiger partial charge in [0.05, 0.1) is 5.69 Å². The van der Waals surface area contributed by atoms with Crippen molar-refractivity contribution < 1.29 is 14.0 Å². The average Bonchev–Trinajstić information content (AvgIpc) is 3.15. The molecule has 0 spiro atoms. The Morgan fingerprint density at radius 3 is 2.36 bits per heavy atom. The first-order chi connectivity index (χ1) is 10.6. The molecule has 120 valence electrons. The normalized spacial score (nSPS) is 23.1. The molecule has 2 saturated heterocycles. The quantitative estimate of drug-likeness (QED) is 0.834. The van der Waals surface area contributed by atoms with Gasteiger partial charge >= 0.3 is 0 Å². The maximum absolute atomic E-state index is 12.4. The molecule has 1 aromatic heterocycles. The second-order valence-corrected chi connectivity index (χ2v) is 6.41. The smallest absolute Gasteiger partial charge is 0.291 e. The number of hydrogen-bond donors (Lipinski definition) is 0. The minimum Gasteiger partial charge on any atom is -0.438 e. The molecular formula is C16H23N3O3. The Hall–Kier alpha value is -1.85. The van der Waals surface area contributed by atoms with Crippen LogP contribution in [-0.4, -0.2) is 52.8 Å². The molecule has 0 aromatic carbocycles. The molecule has 2 aliphatic rings. The van der Waals surface area contributed by atoms with Crippen LogP contribution in [0.4, 0.5) is 0 Å². The minimum atomic E-state index is -0.0429. The molecule has 0 aliphatic carbocycles. The average molecular weight is 305 g/mol. The van der Waals surface area contributed by atoms with E-state index in [0.29, 0.717) is 23.3 Å². The summed E-state index contributed by atoms with van der Waals surface area (Å²) in [5.74, 6) is 1.65. The predicted octanol–water partition coefficient (Wildman–Crippen LogP) is 1.70. The fourth-order valence-corrected chi connectivity index (χ4v) is 3.69. The summed E-state index contributed by atoms with van der Waals surface area (Å²) in [6.45, 7) is 6.72. The maximum Gasteiger partial charge on any atom is 0.291 e. The fraction of sp³-hybridized carbons (Fsp3) is 0.688. The van der Waals surface area contributed by atoms with Crippen LogP contribution in [0.25, 0.3) is 0 Å². The third kappa shape index (κ3) is 2.87. The van der Waals surface area contributed by atoms with Crippen LogP contribution in [0, 0.1) is 18.8 Å². The van der Waals surface area contributed by atoms with E-state index in [4.69, 9.17) is 4.42 Å². The van der Waals surface area contributed by atoms with Crippen molar-refractivity contribution in [1.82, 2.24) is 14.8 Å². The van der Waals surface area contributed by atoms with Gasteiger partial charge in [-0.2, -0.15) is 0 Å². The van der Waals surface area contributed by atoms with Gasteiger partial charge in [-0.05, 0) is 38.0 Å². The number of aromatic nitrogens is 1. The second-order valence-electron chi connectivity index (χ2n) is 6.41. The first-order valence-electron chi connectivity index (χ1n) is 8.01. The lowest BCUT2D eigenvalue weighted by molar-refractivity contribution is -0.130. The van der Waals surface area contributed by atoms with Crippen molar-refractivity contribution in [2.24, 2.45) is 11.8 Å². The number of hydrogen-bond acceptors (Lipinski definition) is 4.